The van der Waals surface area contributed by atoms with Crippen molar-refractivity contribution >= 4 is 39.1 Å². The van der Waals surface area contributed by atoms with Crippen molar-refractivity contribution in [2.24, 2.45) is 0 Å². The molecule has 42 heavy (non-hydrogen) atoms. The summed E-state index contributed by atoms with van der Waals surface area (Å²) < 4.78 is 39.7. The number of nitrogens with zero attached hydrogens (tertiary/aromatic N) is 2. The maximum atomic E-state index is 14.2. The lowest BCUT2D eigenvalue weighted by Crippen LogP contribution is -2.53. The van der Waals surface area contributed by atoms with E-state index in [0.29, 0.717) is 22.9 Å². The van der Waals surface area contributed by atoms with Crippen LogP contribution in [0.15, 0.2) is 77.7 Å². The highest BCUT2D eigenvalue weighted by atomic mass is 35.5. The molecule has 3 aromatic rings. The minimum atomic E-state index is -4.21. The number of carbonyl (C=O) groups is 2. The Morgan fingerprint density at radius 3 is 2.12 bits per heavy atom. The minimum absolute atomic E-state index is 0.0124. The largest absolute Gasteiger partial charge is 0.493 e. The van der Waals surface area contributed by atoms with Gasteiger partial charge < -0.3 is 19.7 Å². The quantitative estimate of drug-likeness (QED) is 0.265. The van der Waals surface area contributed by atoms with E-state index < -0.39 is 28.5 Å². The minimum Gasteiger partial charge on any atom is -0.493 e. The zero-order chi connectivity index (χ0) is 30.9. The van der Waals surface area contributed by atoms with Crippen LogP contribution < -0.4 is 19.1 Å². The molecule has 11 heteroatoms. The summed E-state index contributed by atoms with van der Waals surface area (Å²) in [4.78, 5) is 29.0. The molecule has 0 aliphatic rings. The molecule has 0 aliphatic carbocycles. The number of hydrogen-bond acceptors (Lipinski definition) is 6. The molecule has 0 spiro atoms. The summed E-state index contributed by atoms with van der Waals surface area (Å²) in [6, 6.07) is 18.5. The van der Waals surface area contributed by atoms with E-state index in [1.807, 2.05) is 20.8 Å². The fraction of sp³-hybridized carbons (Fsp3) is 0.355. The van der Waals surface area contributed by atoms with Gasteiger partial charge in [-0.25, -0.2) is 8.42 Å². The van der Waals surface area contributed by atoms with E-state index in [0.717, 1.165) is 16.3 Å². The molecule has 0 bridgehead atoms. The van der Waals surface area contributed by atoms with Crippen LogP contribution in [0.3, 0.4) is 0 Å². The third-order valence-corrected chi connectivity index (χ3v) is 8.96. The van der Waals surface area contributed by atoms with E-state index in [9.17, 15) is 18.0 Å². The molecule has 0 saturated heterocycles. The standard InChI is InChI=1S/C31H38ClN3O6S/c1-6-22(3)33-31(37)27(7-2)34(20-23-13-15-24(32)16-14-23)30(36)21-35(42(38,39)26-11-9-8-10-12-26)25-17-18-28(40-4)29(19-25)41-5/h8-19,22,27H,6-7,20-21H2,1-5H3,(H,33,37). The van der Waals surface area contributed by atoms with Crippen molar-refractivity contribution in [2.45, 2.75) is 57.1 Å². The number of hydrogen-bond donors (Lipinski definition) is 1. The number of halogens is 1. The predicted octanol–water partition coefficient (Wildman–Crippen LogP) is 5.27. The van der Waals surface area contributed by atoms with Crippen molar-refractivity contribution < 1.29 is 27.5 Å². The Morgan fingerprint density at radius 1 is 0.905 bits per heavy atom. The maximum absolute atomic E-state index is 14.2. The van der Waals surface area contributed by atoms with Crippen LogP contribution in [0.4, 0.5) is 5.69 Å². The molecule has 0 aromatic heterocycles. The Bertz CT molecular complexity index is 1450. The summed E-state index contributed by atoms with van der Waals surface area (Å²) in [5.74, 6) is -0.155. The topological polar surface area (TPSA) is 105 Å². The van der Waals surface area contributed by atoms with Crippen molar-refractivity contribution in [3.8, 4) is 11.5 Å². The average molecular weight is 616 g/mol. The molecular weight excluding hydrogens is 578 g/mol. The Hall–Kier alpha value is -3.76. The number of benzene rings is 3. The van der Waals surface area contributed by atoms with Crippen molar-refractivity contribution in [1.29, 1.82) is 0 Å². The Kier molecular flexibility index (Phi) is 11.6. The van der Waals surface area contributed by atoms with Gasteiger partial charge in [0.25, 0.3) is 10.0 Å². The third-order valence-electron chi connectivity index (χ3n) is 6.92. The van der Waals surface area contributed by atoms with Gasteiger partial charge in [-0.3, -0.25) is 13.9 Å². The lowest BCUT2D eigenvalue weighted by Gasteiger charge is -2.33. The summed E-state index contributed by atoms with van der Waals surface area (Å²) in [5, 5.41) is 3.50. The number of anilines is 1. The van der Waals surface area contributed by atoms with Crippen LogP contribution in [0.25, 0.3) is 0 Å². The summed E-state index contributed by atoms with van der Waals surface area (Å²) in [6.45, 7) is 5.18. The van der Waals surface area contributed by atoms with Crippen molar-refractivity contribution in [3.63, 3.8) is 0 Å². The fourth-order valence-corrected chi connectivity index (χ4v) is 5.93. The molecule has 0 radical (unpaired) electrons. The summed E-state index contributed by atoms with van der Waals surface area (Å²) in [5.41, 5.74) is 0.944. The zero-order valence-corrected chi connectivity index (χ0v) is 26.1. The van der Waals surface area contributed by atoms with E-state index in [4.69, 9.17) is 21.1 Å². The van der Waals surface area contributed by atoms with Crippen LogP contribution in [0.1, 0.15) is 39.2 Å². The van der Waals surface area contributed by atoms with Crippen molar-refractivity contribution in [3.05, 3.63) is 83.4 Å². The van der Waals surface area contributed by atoms with E-state index in [1.54, 1.807) is 54.6 Å². The summed E-state index contributed by atoms with van der Waals surface area (Å²) >= 11 is 6.08. The number of carbonyl (C=O) groups excluding carboxylic acids is 2. The number of sulfonamides is 1. The molecule has 9 nitrogen and oxygen atoms in total. The zero-order valence-electron chi connectivity index (χ0n) is 24.5. The first-order chi connectivity index (χ1) is 20.0. The number of amides is 2. The average Bonchev–Trinajstić information content (AvgIpc) is 3.00. The fourth-order valence-electron chi connectivity index (χ4n) is 4.38. The van der Waals surface area contributed by atoms with Crippen LogP contribution in [-0.4, -0.2) is 58.0 Å². The maximum Gasteiger partial charge on any atom is 0.264 e. The van der Waals surface area contributed by atoms with Crippen LogP contribution >= 0.6 is 11.6 Å². The third kappa shape index (κ3) is 7.95. The van der Waals surface area contributed by atoms with Gasteiger partial charge in [-0.1, -0.05) is 55.8 Å². The molecule has 0 heterocycles. The van der Waals surface area contributed by atoms with Gasteiger partial charge >= 0.3 is 0 Å². The van der Waals surface area contributed by atoms with Gasteiger partial charge in [0, 0.05) is 23.7 Å². The van der Waals surface area contributed by atoms with Gasteiger partial charge in [-0.05, 0) is 61.7 Å². The monoisotopic (exact) mass is 615 g/mol. The van der Waals surface area contributed by atoms with Crippen LogP contribution in [0.2, 0.25) is 5.02 Å². The van der Waals surface area contributed by atoms with Crippen molar-refractivity contribution in [2.75, 3.05) is 25.1 Å². The molecule has 1 N–H and O–H groups in total. The summed E-state index contributed by atoms with van der Waals surface area (Å²) in [6.07, 6.45) is 1.04. The van der Waals surface area contributed by atoms with E-state index in [1.165, 1.54) is 37.3 Å². The second-order valence-corrected chi connectivity index (χ2v) is 12.1. The van der Waals surface area contributed by atoms with E-state index in [2.05, 4.69) is 5.32 Å². The van der Waals surface area contributed by atoms with Gasteiger partial charge in [0.05, 0.1) is 24.8 Å². The first-order valence-corrected chi connectivity index (χ1v) is 15.5. The first kappa shape index (κ1) is 32.8. The second-order valence-electron chi connectivity index (χ2n) is 9.75. The lowest BCUT2D eigenvalue weighted by atomic mass is 10.1. The molecule has 3 aromatic carbocycles. The molecule has 0 fully saturated rings. The van der Waals surface area contributed by atoms with Crippen LogP contribution in [0.5, 0.6) is 11.5 Å². The van der Waals surface area contributed by atoms with Gasteiger partial charge in [-0.2, -0.15) is 0 Å². The van der Waals surface area contributed by atoms with Crippen LogP contribution in [0, 0.1) is 0 Å². The van der Waals surface area contributed by atoms with Gasteiger partial charge in [-0.15, -0.1) is 0 Å². The van der Waals surface area contributed by atoms with Crippen LogP contribution in [-0.2, 0) is 26.2 Å². The molecule has 3 rings (SSSR count). The molecule has 2 amide bonds. The lowest BCUT2D eigenvalue weighted by molar-refractivity contribution is -0.140. The van der Waals surface area contributed by atoms with Gasteiger partial charge in [0.15, 0.2) is 11.5 Å². The summed E-state index contributed by atoms with van der Waals surface area (Å²) in [7, 11) is -1.29. The van der Waals surface area contributed by atoms with Crippen molar-refractivity contribution in [1.82, 2.24) is 10.2 Å². The Balaban J connectivity index is 2.10. The number of ether oxygens (including phenoxy) is 2. The Labute approximate surface area is 253 Å². The molecule has 0 saturated carbocycles. The highest BCUT2D eigenvalue weighted by Crippen LogP contribution is 2.34. The molecule has 2 atom stereocenters. The molecule has 2 unspecified atom stereocenters. The van der Waals surface area contributed by atoms with E-state index in [-0.39, 0.29) is 29.1 Å². The van der Waals surface area contributed by atoms with Gasteiger partial charge in [0.1, 0.15) is 12.6 Å². The number of methoxy groups -OCH3 is 2. The smallest absolute Gasteiger partial charge is 0.264 e. The highest BCUT2D eigenvalue weighted by Gasteiger charge is 2.34. The first-order valence-electron chi connectivity index (χ1n) is 13.7. The predicted molar refractivity (Wildman–Crippen MR) is 164 cm³/mol. The SMILES string of the molecule is CCC(C)NC(=O)C(CC)N(Cc1ccc(Cl)cc1)C(=O)CN(c1ccc(OC)c(OC)c1)S(=O)(=O)c1ccccc1. The highest BCUT2D eigenvalue weighted by molar-refractivity contribution is 7.92. The molecular formula is C31H38ClN3O6S. The van der Waals surface area contributed by atoms with E-state index >= 15 is 0 Å². The number of nitrogens with one attached hydrogen (secondary N) is 1. The van der Waals surface area contributed by atoms with Gasteiger partial charge in [0.2, 0.25) is 11.8 Å². The second kappa shape index (κ2) is 14.9. The number of rotatable bonds is 14. The normalized spacial score (nSPS) is 12.6. The molecule has 226 valence electrons. The molecule has 0 aliphatic heterocycles. The Morgan fingerprint density at radius 2 is 1.55 bits per heavy atom.